The van der Waals surface area contributed by atoms with Crippen LogP contribution in [0.1, 0.15) is 20.3 Å². The molecule has 0 unspecified atom stereocenters. The first-order valence-electron chi connectivity index (χ1n) is 6.13. The maximum absolute atomic E-state index is 12.7. The van der Waals surface area contributed by atoms with Gasteiger partial charge in [0.2, 0.25) is 5.91 Å². The molecule has 104 valence electrons. The Kier molecular flexibility index (Phi) is 6.21. The van der Waals surface area contributed by atoms with Crippen LogP contribution < -0.4 is 16.0 Å². The molecule has 0 bridgehead atoms. The molecule has 0 spiro atoms. The van der Waals surface area contributed by atoms with E-state index in [2.05, 4.69) is 16.0 Å². The summed E-state index contributed by atoms with van der Waals surface area (Å²) >= 11 is 5.08. The van der Waals surface area contributed by atoms with E-state index in [1.54, 1.807) is 19.1 Å². The fraction of sp³-hybridized carbons (Fsp3) is 0.385. The summed E-state index contributed by atoms with van der Waals surface area (Å²) in [6, 6.07) is 5.40. The molecule has 3 N–H and O–H groups in total. The van der Waals surface area contributed by atoms with Crippen LogP contribution in [-0.4, -0.2) is 23.6 Å². The molecule has 0 saturated heterocycles. The highest BCUT2D eigenvalue weighted by atomic mass is 32.1. The number of halogens is 1. The second kappa shape index (κ2) is 7.68. The van der Waals surface area contributed by atoms with Gasteiger partial charge in [-0.05, 0) is 49.8 Å². The van der Waals surface area contributed by atoms with Crippen molar-refractivity contribution in [1.29, 1.82) is 0 Å². The molecule has 19 heavy (non-hydrogen) atoms. The lowest BCUT2D eigenvalue weighted by Crippen LogP contribution is -2.46. The second-order valence-electron chi connectivity index (χ2n) is 4.12. The van der Waals surface area contributed by atoms with E-state index in [4.69, 9.17) is 12.2 Å². The van der Waals surface area contributed by atoms with Crippen molar-refractivity contribution in [3.8, 4) is 0 Å². The first-order chi connectivity index (χ1) is 9.02. The summed E-state index contributed by atoms with van der Waals surface area (Å²) < 4.78 is 12.7. The number of amides is 1. The van der Waals surface area contributed by atoms with Crippen LogP contribution in [-0.2, 0) is 4.79 Å². The maximum atomic E-state index is 12.7. The molecule has 1 atom stereocenters. The van der Waals surface area contributed by atoms with E-state index in [1.165, 1.54) is 12.1 Å². The van der Waals surface area contributed by atoms with Gasteiger partial charge in [-0.1, -0.05) is 6.92 Å². The Morgan fingerprint density at radius 1 is 1.37 bits per heavy atom. The zero-order valence-electron chi connectivity index (χ0n) is 11.0. The van der Waals surface area contributed by atoms with E-state index < -0.39 is 6.04 Å². The Balaban J connectivity index is 2.42. The first-order valence-corrected chi connectivity index (χ1v) is 6.54. The topological polar surface area (TPSA) is 53.2 Å². The fourth-order valence-corrected chi connectivity index (χ4v) is 1.66. The molecule has 6 heteroatoms. The molecule has 1 aromatic rings. The lowest BCUT2D eigenvalue weighted by Gasteiger charge is -2.16. The zero-order valence-corrected chi connectivity index (χ0v) is 11.8. The number of rotatable bonds is 5. The number of hydrogen-bond acceptors (Lipinski definition) is 2. The molecule has 0 aliphatic heterocycles. The van der Waals surface area contributed by atoms with Crippen LogP contribution in [0.2, 0.25) is 0 Å². The number of anilines is 1. The predicted molar refractivity (Wildman–Crippen MR) is 78.5 cm³/mol. The number of nitrogens with one attached hydrogen (secondary N) is 3. The predicted octanol–water partition coefficient (Wildman–Crippen LogP) is 2.03. The van der Waals surface area contributed by atoms with Crippen molar-refractivity contribution in [2.24, 2.45) is 0 Å². The van der Waals surface area contributed by atoms with E-state index in [-0.39, 0.29) is 11.7 Å². The second-order valence-corrected chi connectivity index (χ2v) is 4.53. The molecule has 4 nitrogen and oxygen atoms in total. The van der Waals surface area contributed by atoms with Crippen molar-refractivity contribution < 1.29 is 9.18 Å². The van der Waals surface area contributed by atoms with Gasteiger partial charge in [0.1, 0.15) is 11.9 Å². The SMILES string of the molecule is CCCNC(=O)[C@@H](C)NC(=S)Nc1ccc(F)cc1. The Bertz CT molecular complexity index is 436. The quantitative estimate of drug-likeness (QED) is 0.724. The molecular formula is C13H18FN3OS. The highest BCUT2D eigenvalue weighted by Gasteiger charge is 2.12. The van der Waals surface area contributed by atoms with Crippen LogP contribution in [0.25, 0.3) is 0 Å². The summed E-state index contributed by atoms with van der Waals surface area (Å²) in [5, 5.41) is 8.85. The van der Waals surface area contributed by atoms with Gasteiger partial charge in [-0.15, -0.1) is 0 Å². The minimum atomic E-state index is -0.424. The standard InChI is InChI=1S/C13H18FN3OS/c1-3-8-15-12(18)9(2)16-13(19)17-11-6-4-10(14)5-7-11/h4-7,9H,3,8H2,1-2H3,(H,15,18)(H2,16,17,19)/t9-/m1/s1. The van der Waals surface area contributed by atoms with Crippen LogP contribution in [0.5, 0.6) is 0 Å². The van der Waals surface area contributed by atoms with Crippen molar-refractivity contribution in [3.63, 3.8) is 0 Å². The lowest BCUT2D eigenvalue weighted by atomic mass is 10.3. The van der Waals surface area contributed by atoms with Gasteiger partial charge < -0.3 is 16.0 Å². The van der Waals surface area contributed by atoms with E-state index in [0.717, 1.165) is 6.42 Å². The molecule has 1 amide bonds. The molecule has 0 aromatic heterocycles. The van der Waals surface area contributed by atoms with Crippen LogP contribution in [0, 0.1) is 5.82 Å². The van der Waals surface area contributed by atoms with Gasteiger partial charge in [0.15, 0.2) is 5.11 Å². The Morgan fingerprint density at radius 2 is 2.00 bits per heavy atom. The van der Waals surface area contributed by atoms with Crippen molar-refractivity contribution in [2.45, 2.75) is 26.3 Å². The van der Waals surface area contributed by atoms with Gasteiger partial charge in [-0.2, -0.15) is 0 Å². The fourth-order valence-electron chi connectivity index (χ4n) is 1.36. The smallest absolute Gasteiger partial charge is 0.242 e. The van der Waals surface area contributed by atoms with Gasteiger partial charge in [0, 0.05) is 12.2 Å². The summed E-state index contributed by atoms with van der Waals surface area (Å²) in [4.78, 5) is 11.6. The maximum Gasteiger partial charge on any atom is 0.242 e. The average Bonchev–Trinajstić information content (AvgIpc) is 2.38. The minimum Gasteiger partial charge on any atom is -0.354 e. The van der Waals surface area contributed by atoms with Crippen molar-refractivity contribution in [2.75, 3.05) is 11.9 Å². The average molecular weight is 283 g/mol. The van der Waals surface area contributed by atoms with Gasteiger partial charge >= 0.3 is 0 Å². The summed E-state index contributed by atoms with van der Waals surface area (Å²) in [7, 11) is 0. The molecule has 0 saturated carbocycles. The largest absolute Gasteiger partial charge is 0.354 e. The number of benzene rings is 1. The third-order valence-electron chi connectivity index (χ3n) is 2.39. The molecule has 0 heterocycles. The Morgan fingerprint density at radius 3 is 2.58 bits per heavy atom. The lowest BCUT2D eigenvalue weighted by molar-refractivity contribution is -0.122. The van der Waals surface area contributed by atoms with Gasteiger partial charge in [-0.25, -0.2) is 4.39 Å². The van der Waals surface area contributed by atoms with Crippen molar-refractivity contribution in [3.05, 3.63) is 30.1 Å². The molecule has 0 fully saturated rings. The Labute approximate surface area is 117 Å². The minimum absolute atomic E-state index is 0.106. The van der Waals surface area contributed by atoms with Gasteiger partial charge in [0.05, 0.1) is 0 Å². The van der Waals surface area contributed by atoms with Crippen molar-refractivity contribution in [1.82, 2.24) is 10.6 Å². The number of hydrogen-bond donors (Lipinski definition) is 3. The van der Waals surface area contributed by atoms with Gasteiger partial charge in [0.25, 0.3) is 0 Å². The normalized spacial score (nSPS) is 11.5. The summed E-state index contributed by atoms with van der Waals surface area (Å²) in [6.45, 7) is 4.35. The molecule has 0 aliphatic rings. The van der Waals surface area contributed by atoms with Crippen LogP contribution in [0.4, 0.5) is 10.1 Å². The van der Waals surface area contributed by atoms with Crippen LogP contribution >= 0.6 is 12.2 Å². The molecule has 0 aliphatic carbocycles. The van der Waals surface area contributed by atoms with Crippen LogP contribution in [0.15, 0.2) is 24.3 Å². The monoisotopic (exact) mass is 283 g/mol. The third kappa shape index (κ3) is 5.65. The summed E-state index contributed by atoms with van der Waals surface area (Å²) in [5.74, 6) is -0.415. The molecular weight excluding hydrogens is 265 g/mol. The number of carbonyl (C=O) groups excluding carboxylic acids is 1. The molecule has 0 radical (unpaired) electrons. The van der Waals surface area contributed by atoms with E-state index in [0.29, 0.717) is 17.3 Å². The van der Waals surface area contributed by atoms with E-state index in [9.17, 15) is 9.18 Å². The van der Waals surface area contributed by atoms with Crippen LogP contribution in [0.3, 0.4) is 0 Å². The summed E-state index contributed by atoms with van der Waals surface area (Å²) in [5.41, 5.74) is 0.667. The summed E-state index contributed by atoms with van der Waals surface area (Å²) in [6.07, 6.45) is 0.886. The third-order valence-corrected chi connectivity index (χ3v) is 2.61. The number of carbonyl (C=O) groups is 1. The zero-order chi connectivity index (χ0) is 14.3. The highest BCUT2D eigenvalue weighted by Crippen LogP contribution is 2.07. The van der Waals surface area contributed by atoms with E-state index in [1.807, 2.05) is 6.92 Å². The number of thiocarbonyl (C=S) groups is 1. The van der Waals surface area contributed by atoms with Gasteiger partial charge in [-0.3, -0.25) is 4.79 Å². The Hall–Kier alpha value is -1.69. The first kappa shape index (κ1) is 15.4. The highest BCUT2D eigenvalue weighted by molar-refractivity contribution is 7.80. The molecule has 1 aromatic carbocycles. The van der Waals surface area contributed by atoms with Crippen molar-refractivity contribution >= 4 is 28.9 Å². The van der Waals surface area contributed by atoms with E-state index >= 15 is 0 Å². The molecule has 1 rings (SSSR count).